The zero-order valence-corrected chi connectivity index (χ0v) is 15.5. The van der Waals surface area contributed by atoms with Gasteiger partial charge >= 0.3 is 0 Å². The Balaban J connectivity index is 1.90. The highest BCUT2D eigenvalue weighted by Gasteiger charge is 2.29. The van der Waals surface area contributed by atoms with E-state index in [0.29, 0.717) is 6.04 Å². The fourth-order valence-corrected chi connectivity index (χ4v) is 3.14. The molecule has 0 bridgehead atoms. The number of anilines is 1. The van der Waals surface area contributed by atoms with Crippen molar-refractivity contribution in [3.8, 4) is 0 Å². The first-order valence-electron chi connectivity index (χ1n) is 8.75. The van der Waals surface area contributed by atoms with Gasteiger partial charge in [0.05, 0.1) is 18.8 Å². The minimum atomic E-state index is -0.160. The van der Waals surface area contributed by atoms with E-state index in [1.165, 1.54) is 0 Å². The zero-order chi connectivity index (χ0) is 17.7. The summed E-state index contributed by atoms with van der Waals surface area (Å²) in [6, 6.07) is 2.32. The molecule has 0 aromatic carbocycles. The fourth-order valence-electron chi connectivity index (χ4n) is 3.14. The van der Waals surface area contributed by atoms with Crippen LogP contribution in [0.25, 0.3) is 0 Å². The van der Waals surface area contributed by atoms with Crippen molar-refractivity contribution in [3.63, 3.8) is 0 Å². The first kappa shape index (κ1) is 18.9. The summed E-state index contributed by atoms with van der Waals surface area (Å²) in [6.45, 7) is 12.7. The number of hydrogen-bond acceptors (Lipinski definition) is 5. The maximum absolute atomic E-state index is 12.6. The second-order valence-corrected chi connectivity index (χ2v) is 6.79. The molecule has 7 heteroatoms. The molecular weight excluding hydrogens is 306 g/mol. The van der Waals surface area contributed by atoms with E-state index in [0.717, 1.165) is 38.6 Å². The van der Waals surface area contributed by atoms with Gasteiger partial charge in [0.25, 0.3) is 0 Å². The quantitative estimate of drug-likeness (QED) is 0.816. The number of rotatable bonds is 7. The Labute approximate surface area is 144 Å². The Morgan fingerprint density at radius 3 is 2.79 bits per heavy atom. The molecule has 2 rings (SSSR count). The van der Waals surface area contributed by atoms with Crippen LogP contribution in [-0.4, -0.2) is 77.5 Å². The number of piperazine rings is 1. The van der Waals surface area contributed by atoms with E-state index in [9.17, 15) is 4.79 Å². The molecule has 1 aliphatic rings. The molecule has 24 heavy (non-hydrogen) atoms. The van der Waals surface area contributed by atoms with Crippen LogP contribution < -0.4 is 5.32 Å². The first-order chi connectivity index (χ1) is 11.4. The second kappa shape index (κ2) is 8.60. The molecule has 1 saturated heterocycles. The van der Waals surface area contributed by atoms with Crippen molar-refractivity contribution in [2.24, 2.45) is 0 Å². The SMILES string of the molecule is COCCN1CCN([C@H](C)C(=O)Nc2ccnn2C(C)C)C[C@@H]1C. The standard InChI is InChI=1S/C17H31N5O2/c1-13(2)22-16(6-7-18-22)19-17(23)15(4)21-9-8-20(10-11-24-5)14(3)12-21/h6-7,13-15H,8-12H2,1-5H3,(H,19,23)/t14-,15+/m0/s1. The molecule has 1 amide bonds. The summed E-state index contributed by atoms with van der Waals surface area (Å²) >= 11 is 0. The maximum atomic E-state index is 12.6. The Bertz CT molecular complexity index is 531. The van der Waals surface area contributed by atoms with Crippen molar-refractivity contribution in [1.29, 1.82) is 0 Å². The lowest BCUT2D eigenvalue weighted by Gasteiger charge is -2.41. The highest BCUT2D eigenvalue weighted by atomic mass is 16.5. The average Bonchev–Trinajstić information content (AvgIpc) is 3.01. The van der Waals surface area contributed by atoms with Crippen LogP contribution in [0.15, 0.2) is 12.3 Å². The molecule has 0 aliphatic carbocycles. The van der Waals surface area contributed by atoms with Crippen LogP contribution in [-0.2, 0) is 9.53 Å². The topological polar surface area (TPSA) is 62.6 Å². The lowest BCUT2D eigenvalue weighted by atomic mass is 10.1. The number of hydrogen-bond donors (Lipinski definition) is 1. The van der Waals surface area contributed by atoms with Gasteiger partial charge in [0.15, 0.2) is 0 Å². The minimum Gasteiger partial charge on any atom is -0.383 e. The van der Waals surface area contributed by atoms with Gasteiger partial charge in [-0.25, -0.2) is 4.68 Å². The molecule has 1 aromatic heterocycles. The van der Waals surface area contributed by atoms with Gasteiger partial charge in [-0.2, -0.15) is 5.10 Å². The number of amides is 1. The molecule has 0 unspecified atom stereocenters. The Kier molecular flexibility index (Phi) is 6.77. The summed E-state index contributed by atoms with van der Waals surface area (Å²) in [7, 11) is 1.73. The number of aromatic nitrogens is 2. The molecular formula is C17H31N5O2. The fraction of sp³-hybridized carbons (Fsp3) is 0.765. The molecule has 2 atom stereocenters. The van der Waals surface area contributed by atoms with Crippen molar-refractivity contribution < 1.29 is 9.53 Å². The third-order valence-corrected chi connectivity index (χ3v) is 4.72. The van der Waals surface area contributed by atoms with E-state index in [1.807, 2.05) is 31.5 Å². The summed E-state index contributed by atoms with van der Waals surface area (Å²) < 4.78 is 7.00. The van der Waals surface area contributed by atoms with E-state index in [1.54, 1.807) is 13.3 Å². The summed E-state index contributed by atoms with van der Waals surface area (Å²) in [5, 5.41) is 7.28. The van der Waals surface area contributed by atoms with Crippen molar-refractivity contribution in [2.75, 3.05) is 45.2 Å². The van der Waals surface area contributed by atoms with Crippen molar-refractivity contribution in [2.45, 2.75) is 45.8 Å². The number of ether oxygens (including phenoxy) is 1. The van der Waals surface area contributed by atoms with E-state index in [-0.39, 0.29) is 18.0 Å². The predicted molar refractivity (Wildman–Crippen MR) is 95.2 cm³/mol. The molecule has 7 nitrogen and oxygen atoms in total. The first-order valence-corrected chi connectivity index (χ1v) is 8.75. The van der Waals surface area contributed by atoms with Gasteiger partial charge < -0.3 is 10.1 Å². The van der Waals surface area contributed by atoms with Crippen LogP contribution in [0.3, 0.4) is 0 Å². The number of nitrogens with one attached hydrogen (secondary N) is 1. The van der Waals surface area contributed by atoms with E-state index >= 15 is 0 Å². The van der Waals surface area contributed by atoms with Gasteiger partial charge in [-0.3, -0.25) is 14.6 Å². The summed E-state index contributed by atoms with van der Waals surface area (Å²) in [4.78, 5) is 17.3. The van der Waals surface area contributed by atoms with E-state index in [4.69, 9.17) is 4.74 Å². The molecule has 1 aliphatic heterocycles. The number of carbonyl (C=O) groups is 1. The Hall–Kier alpha value is -1.44. The van der Waals surface area contributed by atoms with Crippen LogP contribution >= 0.6 is 0 Å². The molecule has 1 fully saturated rings. The average molecular weight is 337 g/mol. The third kappa shape index (κ3) is 4.55. The van der Waals surface area contributed by atoms with Gasteiger partial charge in [-0.05, 0) is 27.7 Å². The van der Waals surface area contributed by atoms with Crippen LogP contribution in [0.1, 0.15) is 33.7 Å². The predicted octanol–water partition coefficient (Wildman–Crippen LogP) is 1.44. The summed E-state index contributed by atoms with van der Waals surface area (Å²) in [5.41, 5.74) is 0. The lowest BCUT2D eigenvalue weighted by molar-refractivity contribution is -0.122. The highest BCUT2D eigenvalue weighted by Crippen LogP contribution is 2.16. The highest BCUT2D eigenvalue weighted by molar-refractivity contribution is 5.93. The second-order valence-electron chi connectivity index (χ2n) is 6.79. The van der Waals surface area contributed by atoms with E-state index < -0.39 is 0 Å². The Morgan fingerprint density at radius 2 is 2.17 bits per heavy atom. The molecule has 136 valence electrons. The zero-order valence-electron chi connectivity index (χ0n) is 15.5. The van der Waals surface area contributed by atoms with Crippen LogP contribution in [0.5, 0.6) is 0 Å². The van der Waals surface area contributed by atoms with Crippen LogP contribution in [0, 0.1) is 0 Å². The third-order valence-electron chi connectivity index (χ3n) is 4.72. The monoisotopic (exact) mass is 337 g/mol. The molecule has 1 N–H and O–H groups in total. The van der Waals surface area contributed by atoms with Crippen molar-refractivity contribution >= 4 is 11.7 Å². The number of methoxy groups -OCH3 is 1. The van der Waals surface area contributed by atoms with Crippen LogP contribution in [0.2, 0.25) is 0 Å². The summed E-state index contributed by atoms with van der Waals surface area (Å²) in [5.74, 6) is 0.781. The van der Waals surface area contributed by atoms with Crippen molar-refractivity contribution in [1.82, 2.24) is 19.6 Å². The minimum absolute atomic E-state index is 0.0231. The van der Waals surface area contributed by atoms with Gasteiger partial charge in [-0.15, -0.1) is 0 Å². The molecule has 2 heterocycles. The molecule has 0 radical (unpaired) electrons. The number of nitrogens with zero attached hydrogens (tertiary/aromatic N) is 4. The Morgan fingerprint density at radius 1 is 1.42 bits per heavy atom. The number of carbonyl (C=O) groups excluding carboxylic acids is 1. The largest absolute Gasteiger partial charge is 0.383 e. The van der Waals surface area contributed by atoms with Crippen molar-refractivity contribution in [3.05, 3.63) is 12.3 Å². The van der Waals surface area contributed by atoms with Crippen LogP contribution in [0.4, 0.5) is 5.82 Å². The van der Waals surface area contributed by atoms with Gasteiger partial charge in [-0.1, -0.05) is 0 Å². The molecule has 0 spiro atoms. The lowest BCUT2D eigenvalue weighted by Crippen LogP contribution is -2.57. The maximum Gasteiger partial charge on any atom is 0.242 e. The summed E-state index contributed by atoms with van der Waals surface area (Å²) in [6.07, 6.45) is 1.72. The molecule has 0 saturated carbocycles. The van der Waals surface area contributed by atoms with E-state index in [2.05, 4.69) is 27.1 Å². The molecule has 1 aromatic rings. The smallest absolute Gasteiger partial charge is 0.242 e. The van der Waals surface area contributed by atoms with Gasteiger partial charge in [0.2, 0.25) is 5.91 Å². The normalized spacial score (nSPS) is 21.2. The van der Waals surface area contributed by atoms with Gasteiger partial charge in [0.1, 0.15) is 5.82 Å². The van der Waals surface area contributed by atoms with Gasteiger partial charge in [0, 0.05) is 51.4 Å².